The van der Waals surface area contributed by atoms with Crippen molar-refractivity contribution in [3.05, 3.63) is 53.3 Å². The van der Waals surface area contributed by atoms with E-state index in [1.807, 2.05) is 18.2 Å². The summed E-state index contributed by atoms with van der Waals surface area (Å²) in [6.07, 6.45) is 0. The molecule has 0 amide bonds. The quantitative estimate of drug-likeness (QED) is 0.911. The summed E-state index contributed by atoms with van der Waals surface area (Å²) in [5.41, 5.74) is 2.22. The van der Waals surface area contributed by atoms with Crippen LogP contribution in [-0.2, 0) is 5.41 Å². The number of aromatic carboxylic acids is 1. The van der Waals surface area contributed by atoms with Crippen molar-refractivity contribution in [2.24, 2.45) is 0 Å². The maximum Gasteiger partial charge on any atom is 0.338 e. The number of hydrogen-bond acceptors (Lipinski definition) is 2. The Kier molecular flexibility index (Phi) is 2.97. The van der Waals surface area contributed by atoms with E-state index in [0.29, 0.717) is 12.2 Å². The predicted molar refractivity (Wildman–Crippen MR) is 77.3 cm³/mol. The number of hydrogen-bond donors (Lipinski definition) is 1. The van der Waals surface area contributed by atoms with Gasteiger partial charge in [0.2, 0.25) is 0 Å². The molecule has 1 aliphatic heterocycles. The molecule has 0 saturated heterocycles. The van der Waals surface area contributed by atoms with Gasteiger partial charge in [0.1, 0.15) is 11.6 Å². The lowest BCUT2D eigenvalue weighted by Crippen LogP contribution is -2.18. The van der Waals surface area contributed by atoms with Gasteiger partial charge in [-0.05, 0) is 35.4 Å². The fraction of sp³-hybridized carbons (Fsp3) is 0.235. The summed E-state index contributed by atoms with van der Waals surface area (Å²) in [5.74, 6) is -1.14. The number of carbonyl (C=O) groups is 1. The zero-order valence-corrected chi connectivity index (χ0v) is 11.8. The van der Waals surface area contributed by atoms with Gasteiger partial charge in [0.25, 0.3) is 0 Å². The molecule has 2 aromatic carbocycles. The lowest BCUT2D eigenvalue weighted by molar-refractivity contribution is 0.0692. The van der Waals surface area contributed by atoms with Crippen LogP contribution in [0.5, 0.6) is 5.75 Å². The molecule has 0 bridgehead atoms. The van der Waals surface area contributed by atoms with Crippen LogP contribution < -0.4 is 4.74 Å². The van der Waals surface area contributed by atoms with Crippen molar-refractivity contribution in [1.29, 1.82) is 0 Å². The summed E-state index contributed by atoms with van der Waals surface area (Å²) >= 11 is 0. The Morgan fingerprint density at radius 1 is 1.19 bits per heavy atom. The Labute approximate surface area is 122 Å². The van der Waals surface area contributed by atoms with Crippen molar-refractivity contribution in [3.63, 3.8) is 0 Å². The molecule has 21 heavy (non-hydrogen) atoms. The number of carboxylic acid groups (broad SMARTS) is 1. The lowest BCUT2D eigenvalue weighted by atomic mass is 9.85. The summed E-state index contributed by atoms with van der Waals surface area (Å²) in [6, 6.07) is 9.87. The number of fused-ring (bicyclic) bond motifs is 1. The van der Waals surface area contributed by atoms with Gasteiger partial charge in [0.05, 0.1) is 12.2 Å². The Morgan fingerprint density at radius 3 is 2.57 bits per heavy atom. The molecule has 0 fully saturated rings. The molecule has 0 saturated carbocycles. The highest BCUT2D eigenvalue weighted by Gasteiger charge is 2.31. The molecule has 0 unspecified atom stereocenters. The van der Waals surface area contributed by atoms with Crippen LogP contribution in [0, 0.1) is 5.82 Å². The monoisotopic (exact) mass is 286 g/mol. The minimum Gasteiger partial charge on any atom is -0.492 e. The second-order valence-corrected chi connectivity index (χ2v) is 5.88. The van der Waals surface area contributed by atoms with Crippen LogP contribution in [0.3, 0.4) is 0 Å². The molecule has 0 aromatic heterocycles. The fourth-order valence-corrected chi connectivity index (χ4v) is 2.57. The second kappa shape index (κ2) is 4.58. The summed E-state index contributed by atoms with van der Waals surface area (Å²) in [6.45, 7) is 4.81. The smallest absolute Gasteiger partial charge is 0.338 e. The molecular formula is C17H15FO3. The van der Waals surface area contributed by atoms with Gasteiger partial charge in [0, 0.05) is 11.0 Å². The lowest BCUT2D eigenvalue weighted by Gasteiger charge is -2.16. The van der Waals surface area contributed by atoms with Gasteiger partial charge in [-0.3, -0.25) is 0 Å². The molecular weight excluding hydrogens is 271 g/mol. The van der Waals surface area contributed by atoms with Crippen LogP contribution in [0.2, 0.25) is 0 Å². The highest BCUT2D eigenvalue weighted by molar-refractivity contribution is 5.89. The highest BCUT2D eigenvalue weighted by Crippen LogP contribution is 2.40. The van der Waals surface area contributed by atoms with Gasteiger partial charge in [-0.25, -0.2) is 9.18 Å². The third-order valence-corrected chi connectivity index (χ3v) is 3.83. The molecule has 0 atom stereocenters. The summed E-state index contributed by atoms with van der Waals surface area (Å²) in [5, 5.41) is 9.01. The van der Waals surface area contributed by atoms with E-state index in [4.69, 9.17) is 9.84 Å². The molecule has 1 N–H and O–H groups in total. The minimum atomic E-state index is -1.26. The minimum absolute atomic E-state index is 0.0823. The highest BCUT2D eigenvalue weighted by atomic mass is 19.1. The Bertz CT molecular complexity index is 735. The first-order valence-electron chi connectivity index (χ1n) is 6.69. The van der Waals surface area contributed by atoms with E-state index in [1.165, 1.54) is 12.1 Å². The largest absolute Gasteiger partial charge is 0.492 e. The summed E-state index contributed by atoms with van der Waals surface area (Å²) in [7, 11) is 0. The van der Waals surface area contributed by atoms with Crippen LogP contribution in [-0.4, -0.2) is 17.7 Å². The third-order valence-electron chi connectivity index (χ3n) is 3.83. The van der Waals surface area contributed by atoms with Crippen LogP contribution in [0.1, 0.15) is 29.8 Å². The molecule has 0 radical (unpaired) electrons. The maximum absolute atomic E-state index is 13.5. The van der Waals surface area contributed by atoms with Crippen molar-refractivity contribution in [3.8, 4) is 16.9 Å². The zero-order chi connectivity index (χ0) is 15.2. The topological polar surface area (TPSA) is 46.5 Å². The number of rotatable bonds is 2. The normalized spacial score (nSPS) is 15.4. The average molecular weight is 286 g/mol. The second-order valence-electron chi connectivity index (χ2n) is 5.88. The summed E-state index contributed by atoms with van der Waals surface area (Å²) < 4.78 is 19.1. The van der Waals surface area contributed by atoms with E-state index in [-0.39, 0.29) is 11.0 Å². The van der Waals surface area contributed by atoms with E-state index in [1.54, 1.807) is 6.07 Å². The number of benzene rings is 2. The molecule has 3 rings (SSSR count). The van der Waals surface area contributed by atoms with Gasteiger partial charge in [-0.15, -0.1) is 0 Å². The number of carboxylic acids is 1. The van der Waals surface area contributed by atoms with Crippen molar-refractivity contribution in [2.75, 3.05) is 6.61 Å². The number of ether oxygens (including phenoxy) is 1. The van der Waals surface area contributed by atoms with Crippen LogP contribution >= 0.6 is 0 Å². The van der Waals surface area contributed by atoms with E-state index < -0.39 is 11.8 Å². The van der Waals surface area contributed by atoms with Crippen LogP contribution in [0.15, 0.2) is 36.4 Å². The first-order valence-corrected chi connectivity index (χ1v) is 6.69. The van der Waals surface area contributed by atoms with Crippen molar-refractivity contribution in [2.45, 2.75) is 19.3 Å². The first kappa shape index (κ1) is 13.6. The zero-order valence-electron chi connectivity index (χ0n) is 11.8. The van der Waals surface area contributed by atoms with E-state index in [2.05, 4.69) is 13.8 Å². The molecule has 1 heterocycles. The van der Waals surface area contributed by atoms with Crippen molar-refractivity contribution < 1.29 is 19.0 Å². The standard InChI is InChI=1S/C17H15FO3/c1-17(2)9-21-15-6-4-11(8-13(15)17)10-3-5-14(18)12(7-10)16(19)20/h3-8H,9H2,1-2H3,(H,19,20). The van der Waals surface area contributed by atoms with Gasteiger partial charge in [-0.2, -0.15) is 0 Å². The number of halogens is 1. The van der Waals surface area contributed by atoms with E-state index in [0.717, 1.165) is 16.9 Å². The van der Waals surface area contributed by atoms with Gasteiger partial charge in [-0.1, -0.05) is 26.0 Å². The molecule has 3 nitrogen and oxygen atoms in total. The average Bonchev–Trinajstić information content (AvgIpc) is 2.74. The molecule has 4 heteroatoms. The van der Waals surface area contributed by atoms with Gasteiger partial charge < -0.3 is 9.84 Å². The Hall–Kier alpha value is -2.36. The molecule has 108 valence electrons. The van der Waals surface area contributed by atoms with E-state index >= 15 is 0 Å². The Morgan fingerprint density at radius 2 is 1.86 bits per heavy atom. The molecule has 1 aliphatic rings. The molecule has 0 aliphatic carbocycles. The van der Waals surface area contributed by atoms with Crippen LogP contribution in [0.25, 0.3) is 11.1 Å². The predicted octanol–water partition coefficient (Wildman–Crippen LogP) is 3.86. The van der Waals surface area contributed by atoms with Gasteiger partial charge in [0.15, 0.2) is 0 Å². The Balaban J connectivity index is 2.10. The van der Waals surface area contributed by atoms with Crippen LogP contribution in [0.4, 0.5) is 4.39 Å². The maximum atomic E-state index is 13.5. The first-order chi connectivity index (χ1) is 9.88. The van der Waals surface area contributed by atoms with E-state index in [9.17, 15) is 9.18 Å². The van der Waals surface area contributed by atoms with Crippen molar-refractivity contribution in [1.82, 2.24) is 0 Å². The third kappa shape index (κ3) is 2.27. The SMILES string of the molecule is CC1(C)COc2ccc(-c3ccc(F)c(C(=O)O)c3)cc21. The molecule has 0 spiro atoms. The molecule has 2 aromatic rings. The fourth-order valence-electron chi connectivity index (χ4n) is 2.57. The van der Waals surface area contributed by atoms with Gasteiger partial charge >= 0.3 is 5.97 Å². The van der Waals surface area contributed by atoms with Crippen molar-refractivity contribution >= 4 is 5.97 Å². The summed E-state index contributed by atoms with van der Waals surface area (Å²) in [4.78, 5) is 11.0.